The summed E-state index contributed by atoms with van der Waals surface area (Å²) >= 11 is 0. The summed E-state index contributed by atoms with van der Waals surface area (Å²) in [6.07, 6.45) is -5.38. The number of nitrogens with one attached hydrogen (secondary N) is 2. The van der Waals surface area contributed by atoms with Crippen LogP contribution >= 0.6 is 0 Å². The molecule has 0 aliphatic carbocycles. The second-order valence-electron chi connectivity index (χ2n) is 5.46. The maximum atomic E-state index is 12.5. The first-order chi connectivity index (χ1) is 11.3. The van der Waals surface area contributed by atoms with Crippen LogP contribution in [0.15, 0.2) is 24.3 Å². The molecular weight excluding hydrogens is 329 g/mol. The maximum absolute atomic E-state index is 12.5. The molecule has 0 aromatic heterocycles. The third-order valence-electron chi connectivity index (χ3n) is 3.64. The van der Waals surface area contributed by atoms with Crippen LogP contribution in [0.4, 0.5) is 18.0 Å². The lowest BCUT2D eigenvalue weighted by Crippen LogP contribution is -2.46. The second kappa shape index (κ2) is 7.52. The van der Waals surface area contributed by atoms with Crippen LogP contribution in [0, 0.1) is 0 Å². The van der Waals surface area contributed by atoms with Gasteiger partial charge in [0.2, 0.25) is 5.91 Å². The molecule has 1 aliphatic heterocycles. The van der Waals surface area contributed by atoms with Crippen molar-refractivity contribution in [3.8, 4) is 0 Å². The molecule has 1 saturated heterocycles. The van der Waals surface area contributed by atoms with Gasteiger partial charge < -0.3 is 20.5 Å². The quantitative estimate of drug-likeness (QED) is 0.779. The van der Waals surface area contributed by atoms with Crippen LogP contribution < -0.4 is 10.6 Å². The van der Waals surface area contributed by atoms with Gasteiger partial charge in [-0.05, 0) is 30.5 Å². The Labute approximate surface area is 136 Å². The van der Waals surface area contributed by atoms with Crippen molar-refractivity contribution in [2.75, 3.05) is 6.61 Å². The van der Waals surface area contributed by atoms with E-state index in [1.807, 2.05) is 0 Å². The van der Waals surface area contributed by atoms with Crippen LogP contribution in [0.2, 0.25) is 0 Å². The van der Waals surface area contributed by atoms with E-state index in [0.717, 1.165) is 12.1 Å². The average molecular weight is 346 g/mol. The number of carbonyl (C=O) groups excluding carboxylic acids is 1. The van der Waals surface area contributed by atoms with Crippen molar-refractivity contribution in [1.82, 2.24) is 10.6 Å². The molecule has 24 heavy (non-hydrogen) atoms. The predicted molar refractivity (Wildman–Crippen MR) is 77.2 cm³/mol. The fourth-order valence-corrected chi connectivity index (χ4v) is 2.36. The van der Waals surface area contributed by atoms with E-state index >= 15 is 0 Å². The lowest BCUT2D eigenvalue weighted by atomic mass is 10.0. The SMILES string of the molecule is O=C(O)N[C@@H]1CC[C@H](C(=O)NCc2ccc(C(F)(F)F)cc2)OC1. The summed E-state index contributed by atoms with van der Waals surface area (Å²) in [4.78, 5) is 22.5. The van der Waals surface area contributed by atoms with E-state index in [1.54, 1.807) is 0 Å². The number of halogens is 3. The Kier molecular flexibility index (Phi) is 5.66. The molecule has 1 aromatic rings. The summed E-state index contributed by atoms with van der Waals surface area (Å²) < 4.78 is 42.7. The van der Waals surface area contributed by atoms with E-state index in [2.05, 4.69) is 10.6 Å². The van der Waals surface area contributed by atoms with Gasteiger partial charge in [-0.25, -0.2) is 4.79 Å². The number of hydrogen-bond acceptors (Lipinski definition) is 3. The highest BCUT2D eigenvalue weighted by atomic mass is 19.4. The van der Waals surface area contributed by atoms with Crippen LogP contribution in [0.25, 0.3) is 0 Å². The van der Waals surface area contributed by atoms with Gasteiger partial charge in [0, 0.05) is 6.54 Å². The Morgan fingerprint density at radius 1 is 1.21 bits per heavy atom. The number of carboxylic acid groups (broad SMARTS) is 1. The van der Waals surface area contributed by atoms with Crippen LogP contribution in [0.3, 0.4) is 0 Å². The van der Waals surface area contributed by atoms with E-state index in [9.17, 15) is 22.8 Å². The Morgan fingerprint density at radius 3 is 2.38 bits per heavy atom. The largest absolute Gasteiger partial charge is 0.465 e. The zero-order valence-corrected chi connectivity index (χ0v) is 12.6. The van der Waals surface area contributed by atoms with Gasteiger partial charge in [0.15, 0.2) is 0 Å². The van der Waals surface area contributed by atoms with E-state index in [0.29, 0.717) is 18.4 Å². The molecule has 1 heterocycles. The summed E-state index contributed by atoms with van der Waals surface area (Å²) in [6.45, 7) is 0.193. The molecule has 2 amide bonds. The van der Waals surface area contributed by atoms with Crippen molar-refractivity contribution >= 4 is 12.0 Å². The molecule has 132 valence electrons. The Morgan fingerprint density at radius 2 is 1.88 bits per heavy atom. The van der Waals surface area contributed by atoms with Crippen LogP contribution in [0.5, 0.6) is 0 Å². The minimum Gasteiger partial charge on any atom is -0.465 e. The number of benzene rings is 1. The summed E-state index contributed by atoms with van der Waals surface area (Å²) in [5, 5.41) is 13.5. The molecule has 0 radical (unpaired) electrons. The first kappa shape index (κ1) is 18.1. The number of carbonyl (C=O) groups is 2. The molecule has 2 atom stereocenters. The van der Waals surface area contributed by atoms with Gasteiger partial charge in [-0.2, -0.15) is 13.2 Å². The second-order valence-corrected chi connectivity index (χ2v) is 5.46. The van der Waals surface area contributed by atoms with Crippen LogP contribution in [-0.4, -0.2) is 35.9 Å². The summed E-state index contributed by atoms with van der Waals surface area (Å²) in [7, 11) is 0. The molecule has 0 bridgehead atoms. The van der Waals surface area contributed by atoms with Gasteiger partial charge in [-0.15, -0.1) is 0 Å². The minimum atomic E-state index is -4.39. The first-order valence-electron chi connectivity index (χ1n) is 7.30. The van der Waals surface area contributed by atoms with Crippen LogP contribution in [-0.2, 0) is 22.3 Å². The van der Waals surface area contributed by atoms with Gasteiger partial charge in [-0.1, -0.05) is 12.1 Å². The van der Waals surface area contributed by atoms with Crippen molar-refractivity contribution in [1.29, 1.82) is 0 Å². The molecule has 1 aliphatic rings. The molecule has 3 N–H and O–H groups in total. The smallest absolute Gasteiger partial charge is 0.416 e. The third kappa shape index (κ3) is 5.12. The van der Waals surface area contributed by atoms with Gasteiger partial charge >= 0.3 is 12.3 Å². The summed E-state index contributed by atoms with van der Waals surface area (Å²) in [5.41, 5.74) is -0.206. The average Bonchev–Trinajstić information content (AvgIpc) is 2.52. The van der Waals surface area contributed by atoms with Crippen molar-refractivity contribution in [2.24, 2.45) is 0 Å². The molecule has 0 spiro atoms. The zero-order valence-electron chi connectivity index (χ0n) is 12.6. The third-order valence-corrected chi connectivity index (χ3v) is 3.64. The normalized spacial score (nSPS) is 21.1. The molecule has 2 rings (SSSR count). The Hall–Kier alpha value is -2.29. The van der Waals surface area contributed by atoms with Crippen molar-refractivity contribution < 1.29 is 32.6 Å². The van der Waals surface area contributed by atoms with E-state index < -0.39 is 23.9 Å². The lowest BCUT2D eigenvalue weighted by Gasteiger charge is -2.28. The summed E-state index contributed by atoms with van der Waals surface area (Å²) in [5.74, 6) is -0.372. The van der Waals surface area contributed by atoms with Crippen molar-refractivity contribution in [3.63, 3.8) is 0 Å². The van der Waals surface area contributed by atoms with Gasteiger partial charge in [0.05, 0.1) is 18.2 Å². The molecule has 0 saturated carbocycles. The predicted octanol–water partition coefficient (Wildman–Crippen LogP) is 2.14. The molecule has 1 fully saturated rings. The molecule has 0 unspecified atom stereocenters. The topological polar surface area (TPSA) is 87.7 Å². The van der Waals surface area contributed by atoms with Crippen molar-refractivity contribution in [3.05, 3.63) is 35.4 Å². The standard InChI is InChI=1S/C15H17F3N2O4/c16-15(17,18)10-3-1-9(2-4-10)7-19-13(21)12-6-5-11(8-24-12)20-14(22)23/h1-4,11-12,20H,5-8H2,(H,19,21)(H,22,23)/t11-,12-/m1/s1. The highest BCUT2D eigenvalue weighted by Crippen LogP contribution is 2.29. The van der Waals surface area contributed by atoms with E-state index in [-0.39, 0.29) is 25.1 Å². The maximum Gasteiger partial charge on any atom is 0.416 e. The first-order valence-corrected chi connectivity index (χ1v) is 7.30. The monoisotopic (exact) mass is 346 g/mol. The van der Waals surface area contributed by atoms with Gasteiger partial charge in [0.1, 0.15) is 6.10 Å². The molecular formula is C15H17F3N2O4. The minimum absolute atomic E-state index is 0.0909. The molecule has 1 aromatic carbocycles. The van der Waals surface area contributed by atoms with E-state index in [1.165, 1.54) is 12.1 Å². The fourth-order valence-electron chi connectivity index (χ4n) is 2.36. The number of hydrogen-bond donors (Lipinski definition) is 3. The molecule has 9 heteroatoms. The Balaban J connectivity index is 1.78. The highest BCUT2D eigenvalue weighted by Gasteiger charge is 2.30. The fraction of sp³-hybridized carbons (Fsp3) is 0.467. The lowest BCUT2D eigenvalue weighted by molar-refractivity contribution is -0.138. The molecule has 6 nitrogen and oxygen atoms in total. The number of amides is 2. The Bertz CT molecular complexity index is 581. The van der Waals surface area contributed by atoms with Gasteiger partial charge in [0.25, 0.3) is 0 Å². The van der Waals surface area contributed by atoms with Crippen molar-refractivity contribution in [2.45, 2.75) is 37.7 Å². The highest BCUT2D eigenvalue weighted by molar-refractivity contribution is 5.80. The van der Waals surface area contributed by atoms with Gasteiger partial charge in [-0.3, -0.25) is 4.79 Å². The summed E-state index contributed by atoms with van der Waals surface area (Å²) in [6, 6.07) is 4.18. The van der Waals surface area contributed by atoms with E-state index in [4.69, 9.17) is 9.84 Å². The number of ether oxygens (including phenoxy) is 1. The van der Waals surface area contributed by atoms with Crippen LogP contribution in [0.1, 0.15) is 24.0 Å². The zero-order chi connectivity index (χ0) is 17.7. The number of alkyl halides is 3. The number of rotatable bonds is 4.